The molecule has 0 radical (unpaired) electrons. The zero-order chi connectivity index (χ0) is 16.7. The maximum atomic E-state index is 13.2. The van der Waals surface area contributed by atoms with Gasteiger partial charge in [-0.3, -0.25) is 9.48 Å². The molecule has 1 saturated carbocycles. The summed E-state index contributed by atoms with van der Waals surface area (Å²) in [6.07, 6.45) is 6.22. The Balaban J connectivity index is 1.67. The molecule has 0 aromatic carbocycles. The number of carbonyl (C=O) groups excluding carboxylic acids is 1. The number of furan rings is 1. The van der Waals surface area contributed by atoms with Gasteiger partial charge in [-0.25, -0.2) is 0 Å². The predicted octanol–water partition coefficient (Wildman–Crippen LogP) is 4.12. The van der Waals surface area contributed by atoms with E-state index >= 15 is 0 Å². The van der Waals surface area contributed by atoms with E-state index in [0.717, 1.165) is 39.4 Å². The third-order valence-corrected chi connectivity index (χ3v) is 6.03. The van der Waals surface area contributed by atoms with Crippen LogP contribution in [0.5, 0.6) is 0 Å². The SMILES string of the molecule is Cc1nn(C)c2sc(C(=O)N(Cc3ccco3)C3CCCC3)cc12. The normalized spacial score (nSPS) is 15.4. The first kappa shape index (κ1) is 15.4. The predicted molar refractivity (Wildman–Crippen MR) is 94.2 cm³/mol. The first-order valence-corrected chi connectivity index (χ1v) is 9.21. The van der Waals surface area contributed by atoms with Gasteiger partial charge >= 0.3 is 0 Å². The molecule has 3 aromatic rings. The molecule has 1 aliphatic rings. The van der Waals surface area contributed by atoms with Crippen molar-refractivity contribution in [3.63, 3.8) is 0 Å². The lowest BCUT2D eigenvalue weighted by Crippen LogP contribution is -2.37. The number of carbonyl (C=O) groups is 1. The lowest BCUT2D eigenvalue weighted by Gasteiger charge is -2.27. The molecule has 4 rings (SSSR count). The number of amides is 1. The summed E-state index contributed by atoms with van der Waals surface area (Å²) < 4.78 is 7.35. The molecule has 0 N–H and O–H groups in total. The lowest BCUT2D eigenvalue weighted by atomic mass is 10.2. The van der Waals surface area contributed by atoms with Crippen LogP contribution in [0.15, 0.2) is 28.9 Å². The highest BCUT2D eigenvalue weighted by atomic mass is 32.1. The van der Waals surface area contributed by atoms with Crippen molar-refractivity contribution >= 4 is 27.5 Å². The number of nitrogens with zero attached hydrogens (tertiary/aromatic N) is 3. The van der Waals surface area contributed by atoms with Crippen molar-refractivity contribution in [1.29, 1.82) is 0 Å². The molecule has 3 heterocycles. The largest absolute Gasteiger partial charge is 0.467 e. The van der Waals surface area contributed by atoms with Crippen molar-refractivity contribution in [2.24, 2.45) is 7.05 Å². The number of fused-ring (bicyclic) bond motifs is 1. The van der Waals surface area contributed by atoms with Crippen LogP contribution in [0.2, 0.25) is 0 Å². The minimum atomic E-state index is 0.110. The van der Waals surface area contributed by atoms with Gasteiger partial charge in [0.25, 0.3) is 5.91 Å². The van der Waals surface area contributed by atoms with Gasteiger partial charge in [0, 0.05) is 18.5 Å². The fourth-order valence-corrected chi connectivity index (χ4v) is 4.68. The van der Waals surface area contributed by atoms with Crippen LogP contribution in [0.4, 0.5) is 0 Å². The molecule has 126 valence electrons. The smallest absolute Gasteiger partial charge is 0.264 e. The molecular weight excluding hydrogens is 322 g/mol. The topological polar surface area (TPSA) is 51.3 Å². The summed E-state index contributed by atoms with van der Waals surface area (Å²) in [5.74, 6) is 0.952. The maximum Gasteiger partial charge on any atom is 0.264 e. The Hall–Kier alpha value is -2.08. The van der Waals surface area contributed by atoms with E-state index in [2.05, 4.69) is 5.10 Å². The standard InChI is InChI=1S/C18H21N3O2S/c1-12-15-10-16(24-18(15)20(2)19-12)17(22)21(13-6-3-4-7-13)11-14-8-5-9-23-14/h5,8-10,13H,3-4,6-7,11H2,1-2H3. The fourth-order valence-electron chi connectivity index (χ4n) is 3.61. The van der Waals surface area contributed by atoms with Crippen LogP contribution in [-0.2, 0) is 13.6 Å². The Labute approximate surface area is 144 Å². The Kier molecular flexibility index (Phi) is 3.92. The highest BCUT2D eigenvalue weighted by molar-refractivity contribution is 7.20. The third kappa shape index (κ3) is 2.65. The van der Waals surface area contributed by atoms with Crippen LogP contribution in [0.25, 0.3) is 10.2 Å². The third-order valence-electron chi connectivity index (χ3n) is 4.84. The van der Waals surface area contributed by atoms with E-state index < -0.39 is 0 Å². The van der Waals surface area contributed by atoms with Gasteiger partial charge < -0.3 is 9.32 Å². The molecule has 6 heteroatoms. The Morgan fingerprint density at radius 2 is 2.25 bits per heavy atom. The summed E-state index contributed by atoms with van der Waals surface area (Å²) in [5.41, 5.74) is 0.973. The van der Waals surface area contributed by atoms with Gasteiger partial charge in [0.15, 0.2) is 0 Å². The molecule has 0 saturated heterocycles. The highest BCUT2D eigenvalue weighted by Crippen LogP contribution is 2.32. The number of rotatable bonds is 4. The zero-order valence-electron chi connectivity index (χ0n) is 14.0. The first-order chi connectivity index (χ1) is 11.6. The van der Waals surface area contributed by atoms with Crippen molar-refractivity contribution in [2.45, 2.75) is 45.2 Å². The van der Waals surface area contributed by atoms with Gasteiger partial charge in [-0.1, -0.05) is 12.8 Å². The Bertz CT molecular complexity index is 822. The quantitative estimate of drug-likeness (QED) is 0.716. The van der Waals surface area contributed by atoms with Crippen LogP contribution in [-0.4, -0.2) is 26.6 Å². The summed E-state index contributed by atoms with van der Waals surface area (Å²) in [4.78, 5) is 17.1. The van der Waals surface area contributed by atoms with Gasteiger partial charge in [-0.2, -0.15) is 5.10 Å². The second-order valence-electron chi connectivity index (χ2n) is 6.49. The van der Waals surface area contributed by atoms with Crippen molar-refractivity contribution in [1.82, 2.24) is 14.7 Å². The average molecular weight is 343 g/mol. The molecule has 3 aromatic heterocycles. The number of hydrogen-bond acceptors (Lipinski definition) is 4. The minimum Gasteiger partial charge on any atom is -0.467 e. The van der Waals surface area contributed by atoms with E-state index in [9.17, 15) is 4.79 Å². The molecule has 0 bridgehead atoms. The second kappa shape index (κ2) is 6.09. The second-order valence-corrected chi connectivity index (χ2v) is 7.52. The van der Waals surface area contributed by atoms with Gasteiger partial charge in [-0.15, -0.1) is 11.3 Å². The van der Waals surface area contributed by atoms with Crippen LogP contribution in [0.3, 0.4) is 0 Å². The van der Waals surface area contributed by atoms with Crippen LogP contribution in [0, 0.1) is 6.92 Å². The Morgan fingerprint density at radius 1 is 1.46 bits per heavy atom. The molecule has 1 amide bonds. The molecular formula is C18H21N3O2S. The summed E-state index contributed by atoms with van der Waals surface area (Å²) >= 11 is 1.53. The number of thiophene rings is 1. The van der Waals surface area contributed by atoms with E-state index in [4.69, 9.17) is 4.42 Å². The molecule has 0 atom stereocenters. The minimum absolute atomic E-state index is 0.110. The number of hydrogen-bond donors (Lipinski definition) is 0. The van der Waals surface area contributed by atoms with Gasteiger partial charge in [0.2, 0.25) is 0 Å². The highest BCUT2D eigenvalue weighted by Gasteiger charge is 2.29. The number of aryl methyl sites for hydroxylation is 2. The molecule has 24 heavy (non-hydrogen) atoms. The number of aromatic nitrogens is 2. The van der Waals surface area contributed by atoms with E-state index in [1.165, 1.54) is 24.2 Å². The van der Waals surface area contributed by atoms with E-state index in [1.54, 1.807) is 6.26 Å². The lowest BCUT2D eigenvalue weighted by molar-refractivity contribution is 0.0654. The van der Waals surface area contributed by atoms with Gasteiger partial charge in [0.1, 0.15) is 10.6 Å². The maximum absolute atomic E-state index is 13.2. The fraction of sp³-hybridized carbons (Fsp3) is 0.444. The van der Waals surface area contributed by atoms with Crippen molar-refractivity contribution < 1.29 is 9.21 Å². The summed E-state index contributed by atoms with van der Waals surface area (Å²) in [6.45, 7) is 2.53. The summed E-state index contributed by atoms with van der Waals surface area (Å²) in [7, 11) is 1.93. The first-order valence-electron chi connectivity index (χ1n) is 8.40. The molecule has 0 unspecified atom stereocenters. The Morgan fingerprint density at radius 3 is 2.92 bits per heavy atom. The molecule has 1 aliphatic carbocycles. The van der Waals surface area contributed by atoms with Crippen LogP contribution < -0.4 is 0 Å². The van der Waals surface area contributed by atoms with Gasteiger partial charge in [0.05, 0.1) is 23.4 Å². The van der Waals surface area contributed by atoms with Gasteiger partial charge in [-0.05, 0) is 38.0 Å². The molecule has 1 fully saturated rings. The monoisotopic (exact) mass is 343 g/mol. The average Bonchev–Trinajstić information content (AvgIpc) is 3.34. The van der Waals surface area contributed by atoms with E-state index in [0.29, 0.717) is 12.6 Å². The van der Waals surface area contributed by atoms with E-state index in [1.807, 2.05) is 41.8 Å². The van der Waals surface area contributed by atoms with Crippen molar-refractivity contribution in [2.75, 3.05) is 0 Å². The molecule has 0 aliphatic heterocycles. The van der Waals surface area contributed by atoms with E-state index in [-0.39, 0.29) is 5.91 Å². The molecule has 5 nitrogen and oxygen atoms in total. The van der Waals surface area contributed by atoms with Crippen LogP contribution >= 0.6 is 11.3 Å². The van der Waals surface area contributed by atoms with Crippen LogP contribution in [0.1, 0.15) is 46.8 Å². The zero-order valence-corrected chi connectivity index (χ0v) is 14.8. The van der Waals surface area contributed by atoms with Crippen molar-refractivity contribution in [3.8, 4) is 0 Å². The summed E-state index contributed by atoms with van der Waals surface area (Å²) in [5, 5.41) is 5.50. The van der Waals surface area contributed by atoms with Crippen molar-refractivity contribution in [3.05, 3.63) is 40.8 Å². The summed E-state index contributed by atoms with van der Waals surface area (Å²) in [6, 6.07) is 6.12. The molecule has 0 spiro atoms.